The summed E-state index contributed by atoms with van der Waals surface area (Å²) in [5.41, 5.74) is 0. The molecule has 5 nitrogen and oxygen atoms in total. The SMILES string of the molecule is CS(=O)(=O)c1ccc(Oc2ccc(F)cc2Br)c(S(C)(=O)=O)c1. The van der Waals surface area contributed by atoms with E-state index in [4.69, 9.17) is 4.74 Å². The van der Waals surface area contributed by atoms with Crippen LogP contribution >= 0.6 is 15.9 Å². The van der Waals surface area contributed by atoms with E-state index in [1.165, 1.54) is 24.3 Å². The van der Waals surface area contributed by atoms with Gasteiger partial charge in [0.15, 0.2) is 19.7 Å². The van der Waals surface area contributed by atoms with E-state index in [1.807, 2.05) is 0 Å². The summed E-state index contributed by atoms with van der Waals surface area (Å²) in [5, 5.41) is 0. The number of sulfone groups is 2. The fourth-order valence-electron chi connectivity index (χ4n) is 1.77. The molecule has 0 fully saturated rings. The average Bonchev–Trinajstić information content (AvgIpc) is 2.40. The number of hydrogen-bond acceptors (Lipinski definition) is 5. The van der Waals surface area contributed by atoms with Crippen molar-refractivity contribution in [2.45, 2.75) is 9.79 Å². The molecule has 0 saturated heterocycles. The first-order chi connectivity index (χ1) is 10.5. The van der Waals surface area contributed by atoms with E-state index in [-0.39, 0.29) is 21.3 Å². The molecule has 2 aromatic carbocycles. The monoisotopic (exact) mass is 422 g/mol. The summed E-state index contributed by atoms with van der Waals surface area (Å²) < 4.78 is 65.9. The third-order valence-corrected chi connectivity index (χ3v) is 5.70. The van der Waals surface area contributed by atoms with Gasteiger partial charge >= 0.3 is 0 Å². The summed E-state index contributed by atoms with van der Waals surface area (Å²) in [6.07, 6.45) is 1.92. The predicted octanol–water partition coefficient (Wildman–Crippen LogP) is 3.19. The molecule has 9 heteroatoms. The molecule has 0 aromatic heterocycles. The maximum Gasteiger partial charge on any atom is 0.179 e. The van der Waals surface area contributed by atoms with E-state index in [0.29, 0.717) is 4.47 Å². The largest absolute Gasteiger partial charge is 0.455 e. The highest BCUT2D eigenvalue weighted by molar-refractivity contribution is 9.10. The van der Waals surface area contributed by atoms with Gasteiger partial charge in [0.25, 0.3) is 0 Å². The van der Waals surface area contributed by atoms with Crippen molar-refractivity contribution in [3.8, 4) is 11.5 Å². The minimum Gasteiger partial charge on any atom is -0.455 e. The lowest BCUT2D eigenvalue weighted by molar-refractivity contribution is 0.462. The summed E-state index contributed by atoms with van der Waals surface area (Å²) in [7, 11) is -7.30. The number of hydrogen-bond donors (Lipinski definition) is 0. The van der Waals surface area contributed by atoms with Gasteiger partial charge in [0.2, 0.25) is 0 Å². The Balaban J connectivity index is 2.58. The third kappa shape index (κ3) is 4.30. The van der Waals surface area contributed by atoms with E-state index in [0.717, 1.165) is 24.6 Å². The number of halogens is 2. The molecule has 0 radical (unpaired) electrons. The van der Waals surface area contributed by atoms with Crippen LogP contribution < -0.4 is 4.74 Å². The van der Waals surface area contributed by atoms with E-state index >= 15 is 0 Å². The van der Waals surface area contributed by atoms with Gasteiger partial charge in [0.05, 0.1) is 9.37 Å². The molecule has 0 amide bonds. The van der Waals surface area contributed by atoms with Crippen molar-refractivity contribution in [3.05, 3.63) is 46.7 Å². The second-order valence-electron chi connectivity index (χ2n) is 4.83. The lowest BCUT2D eigenvalue weighted by Gasteiger charge is -2.12. The van der Waals surface area contributed by atoms with Crippen LogP contribution in [0, 0.1) is 5.82 Å². The van der Waals surface area contributed by atoms with Crippen molar-refractivity contribution >= 4 is 35.6 Å². The fraction of sp³-hybridized carbons (Fsp3) is 0.143. The summed E-state index contributed by atoms with van der Waals surface area (Å²) >= 11 is 3.12. The van der Waals surface area contributed by atoms with Crippen LogP contribution in [0.5, 0.6) is 11.5 Å². The normalized spacial score (nSPS) is 12.2. The molecule has 0 bridgehead atoms. The molecular weight excluding hydrogens is 411 g/mol. The van der Waals surface area contributed by atoms with Crippen molar-refractivity contribution in [2.24, 2.45) is 0 Å². The van der Waals surface area contributed by atoms with Crippen LogP contribution in [-0.4, -0.2) is 29.3 Å². The summed E-state index contributed by atoms with van der Waals surface area (Å²) in [6, 6.07) is 7.19. The molecule has 0 saturated carbocycles. The Bertz CT molecular complexity index is 969. The van der Waals surface area contributed by atoms with Crippen LogP contribution in [0.1, 0.15) is 0 Å². The van der Waals surface area contributed by atoms with Crippen LogP contribution in [0.4, 0.5) is 4.39 Å². The van der Waals surface area contributed by atoms with Crippen LogP contribution in [0.3, 0.4) is 0 Å². The Morgan fingerprint density at radius 3 is 2.04 bits per heavy atom. The third-order valence-electron chi connectivity index (χ3n) is 2.86. The molecule has 0 aliphatic carbocycles. The molecule has 0 aliphatic rings. The average molecular weight is 423 g/mol. The van der Waals surface area contributed by atoms with Gasteiger partial charge in [-0.3, -0.25) is 0 Å². The summed E-state index contributed by atoms with van der Waals surface area (Å²) in [6.45, 7) is 0. The topological polar surface area (TPSA) is 77.5 Å². The molecule has 2 rings (SSSR count). The Morgan fingerprint density at radius 2 is 1.52 bits per heavy atom. The highest BCUT2D eigenvalue weighted by Crippen LogP contribution is 2.34. The molecule has 0 aliphatic heterocycles. The van der Waals surface area contributed by atoms with Crippen molar-refractivity contribution in [1.82, 2.24) is 0 Å². The minimum atomic E-state index is -3.74. The Morgan fingerprint density at radius 1 is 0.913 bits per heavy atom. The summed E-state index contributed by atoms with van der Waals surface area (Å²) in [4.78, 5) is -0.403. The zero-order valence-electron chi connectivity index (χ0n) is 12.1. The molecule has 0 atom stereocenters. The quantitative estimate of drug-likeness (QED) is 0.755. The van der Waals surface area contributed by atoms with E-state index < -0.39 is 25.5 Å². The molecule has 0 N–H and O–H groups in total. The van der Waals surface area contributed by atoms with Crippen molar-refractivity contribution in [1.29, 1.82) is 0 Å². The second-order valence-corrected chi connectivity index (χ2v) is 9.68. The van der Waals surface area contributed by atoms with Gasteiger partial charge in [-0.25, -0.2) is 21.2 Å². The fourth-order valence-corrected chi connectivity index (χ4v) is 3.74. The molecule has 23 heavy (non-hydrogen) atoms. The van der Waals surface area contributed by atoms with Gasteiger partial charge in [-0.1, -0.05) is 0 Å². The maximum absolute atomic E-state index is 13.1. The minimum absolute atomic E-state index is 0.0489. The molecule has 0 spiro atoms. The van der Waals surface area contributed by atoms with Crippen molar-refractivity contribution in [3.63, 3.8) is 0 Å². The van der Waals surface area contributed by atoms with Crippen molar-refractivity contribution in [2.75, 3.05) is 12.5 Å². The van der Waals surface area contributed by atoms with Crippen molar-refractivity contribution < 1.29 is 26.0 Å². The van der Waals surface area contributed by atoms with Crippen LogP contribution in [0.2, 0.25) is 0 Å². The predicted molar refractivity (Wildman–Crippen MR) is 86.8 cm³/mol. The summed E-state index contributed by atoms with van der Waals surface area (Å²) in [5.74, 6) is -0.337. The standard InChI is InChI=1S/C14H12BrFO5S2/c1-22(17,18)10-4-6-13(14(8-10)23(2,19)20)21-12-5-3-9(16)7-11(12)15/h3-8H,1-2H3. The Labute approximate surface area is 142 Å². The Hall–Kier alpha value is -1.45. The molecule has 0 heterocycles. The zero-order chi connectivity index (χ0) is 17.4. The lowest BCUT2D eigenvalue weighted by atomic mass is 10.3. The number of ether oxygens (including phenoxy) is 1. The van der Waals surface area contributed by atoms with Gasteiger partial charge < -0.3 is 4.74 Å². The molecule has 2 aromatic rings. The van der Waals surface area contributed by atoms with Gasteiger partial charge in [0, 0.05) is 12.5 Å². The van der Waals surface area contributed by atoms with E-state index in [9.17, 15) is 21.2 Å². The second kappa shape index (κ2) is 6.21. The van der Waals surface area contributed by atoms with Crippen LogP contribution in [0.15, 0.2) is 50.7 Å². The molecular formula is C14H12BrFO5S2. The molecule has 124 valence electrons. The zero-order valence-corrected chi connectivity index (χ0v) is 15.3. The first-order valence-corrected chi connectivity index (χ1v) is 10.7. The molecule has 0 unspecified atom stereocenters. The lowest BCUT2D eigenvalue weighted by Crippen LogP contribution is -2.04. The number of benzene rings is 2. The van der Waals surface area contributed by atoms with Gasteiger partial charge in [-0.05, 0) is 52.3 Å². The highest BCUT2D eigenvalue weighted by Gasteiger charge is 2.20. The maximum atomic E-state index is 13.1. The van der Waals surface area contributed by atoms with Gasteiger partial charge in [-0.15, -0.1) is 0 Å². The smallest absolute Gasteiger partial charge is 0.179 e. The first-order valence-electron chi connectivity index (χ1n) is 6.15. The Kier molecular flexibility index (Phi) is 4.84. The van der Waals surface area contributed by atoms with Crippen LogP contribution in [-0.2, 0) is 19.7 Å². The highest BCUT2D eigenvalue weighted by atomic mass is 79.9. The van der Waals surface area contributed by atoms with Gasteiger partial charge in [-0.2, -0.15) is 0 Å². The van der Waals surface area contributed by atoms with E-state index in [1.54, 1.807) is 0 Å². The van der Waals surface area contributed by atoms with Crippen LogP contribution in [0.25, 0.3) is 0 Å². The van der Waals surface area contributed by atoms with Gasteiger partial charge in [0.1, 0.15) is 22.2 Å². The van der Waals surface area contributed by atoms with E-state index in [2.05, 4.69) is 15.9 Å². The first kappa shape index (κ1) is 17.9. The number of rotatable bonds is 4.